The first-order valence-corrected chi connectivity index (χ1v) is 12.5. The zero-order chi connectivity index (χ0) is 27.5. The summed E-state index contributed by atoms with van der Waals surface area (Å²) in [6, 6.07) is 15.1. The number of anilines is 1. The van der Waals surface area contributed by atoms with Crippen LogP contribution in [0.1, 0.15) is 36.2 Å². The fraction of sp³-hybridized carbons (Fsp3) is 0.241. The molecule has 5 nitrogen and oxygen atoms in total. The third-order valence-corrected chi connectivity index (χ3v) is 7.26. The van der Waals surface area contributed by atoms with Gasteiger partial charge < -0.3 is 14.4 Å². The molecule has 0 N–H and O–H groups in total. The summed E-state index contributed by atoms with van der Waals surface area (Å²) in [5, 5.41) is 0.473. The number of fused-ring (bicyclic) bond motifs is 4. The number of aromatic nitrogens is 1. The second kappa shape index (κ2) is 9.21. The fourth-order valence-electron chi connectivity index (χ4n) is 5.54. The van der Waals surface area contributed by atoms with Gasteiger partial charge in [-0.15, -0.1) is 0 Å². The van der Waals surface area contributed by atoms with Gasteiger partial charge in [-0.05, 0) is 49.4 Å². The van der Waals surface area contributed by atoms with Gasteiger partial charge in [0.25, 0.3) is 0 Å². The molecule has 2 aliphatic rings. The molecule has 4 aromatic rings. The molecule has 39 heavy (non-hydrogen) atoms. The second-order valence-corrected chi connectivity index (χ2v) is 9.81. The summed E-state index contributed by atoms with van der Waals surface area (Å²) in [5.41, 5.74) is 1.34. The summed E-state index contributed by atoms with van der Waals surface area (Å²) in [6.07, 6.45) is -4.65. The van der Waals surface area contributed by atoms with Crippen molar-refractivity contribution in [3.63, 3.8) is 0 Å². The average Bonchev–Trinajstić information content (AvgIpc) is 3.27. The number of alkyl halides is 3. The Labute approximate surface area is 220 Å². The number of hydrogen-bond acceptors (Lipinski definition) is 4. The number of Topliss-reactive ketones (excluding diaryl/α,β-unsaturated/α-hetero) is 1. The van der Waals surface area contributed by atoms with Gasteiger partial charge in [0.05, 0.1) is 23.7 Å². The molecule has 2 aliphatic heterocycles. The lowest BCUT2D eigenvalue weighted by Crippen LogP contribution is -2.50. The molecule has 0 fully saturated rings. The highest BCUT2D eigenvalue weighted by molar-refractivity contribution is 6.01. The molecule has 1 unspecified atom stereocenters. The monoisotopic (exact) mass is 538 g/mol. The molecule has 0 amide bonds. The maximum Gasteiger partial charge on any atom is 0.416 e. The number of rotatable bonds is 3. The van der Waals surface area contributed by atoms with Crippen LogP contribution >= 0.6 is 0 Å². The molecular formula is C29H23F5N4O. The van der Waals surface area contributed by atoms with Crippen molar-refractivity contribution in [1.29, 1.82) is 0 Å². The summed E-state index contributed by atoms with van der Waals surface area (Å²) in [7, 11) is 0. The smallest absolute Gasteiger partial charge is 0.341 e. The minimum atomic E-state index is -4.58. The number of para-hydroxylation sites is 1. The Morgan fingerprint density at radius 1 is 0.974 bits per heavy atom. The van der Waals surface area contributed by atoms with Crippen LogP contribution in [0.4, 0.5) is 33.3 Å². The lowest BCUT2D eigenvalue weighted by Gasteiger charge is -2.43. The lowest BCUT2D eigenvalue weighted by atomic mass is 9.95. The molecule has 0 spiro atoms. The van der Waals surface area contributed by atoms with Crippen molar-refractivity contribution in [2.75, 3.05) is 11.4 Å². The Bertz CT molecular complexity index is 1640. The average molecular weight is 539 g/mol. The highest BCUT2D eigenvalue weighted by Gasteiger charge is 2.38. The van der Waals surface area contributed by atoms with Gasteiger partial charge in [-0.2, -0.15) is 13.2 Å². The maximum atomic E-state index is 15.1. The quantitative estimate of drug-likeness (QED) is 0.264. The molecule has 1 aromatic heterocycles. The molecule has 3 heterocycles. The van der Waals surface area contributed by atoms with Crippen LogP contribution in [-0.4, -0.2) is 27.8 Å². The first-order chi connectivity index (χ1) is 18.6. The number of carbonyl (C=O) groups excluding carboxylic acids is 1. The van der Waals surface area contributed by atoms with Crippen molar-refractivity contribution < 1.29 is 26.7 Å². The highest BCUT2D eigenvalue weighted by Crippen LogP contribution is 2.43. The van der Waals surface area contributed by atoms with Gasteiger partial charge in [-0.1, -0.05) is 24.3 Å². The van der Waals surface area contributed by atoms with Crippen LogP contribution in [0.2, 0.25) is 0 Å². The number of carbonyl (C=O) groups is 1. The number of benzene rings is 3. The SMILES string of the molecule is CC(=O)CC1c2cccc(F)c2N=C(N2CCn3c(cc4c(F)cccc43)C2)N1c1cccc(C(F)(F)F)c1. The van der Waals surface area contributed by atoms with Crippen LogP contribution in [0, 0.1) is 11.6 Å². The Hall–Kier alpha value is -4.21. The minimum Gasteiger partial charge on any atom is -0.341 e. The van der Waals surface area contributed by atoms with E-state index in [9.17, 15) is 22.4 Å². The number of aliphatic imine (C=N–C) groups is 1. The predicted molar refractivity (Wildman–Crippen MR) is 138 cm³/mol. The largest absolute Gasteiger partial charge is 0.416 e. The molecule has 0 radical (unpaired) electrons. The minimum absolute atomic E-state index is 0.0548. The molecule has 1 atom stereocenters. The first kappa shape index (κ1) is 25.1. The number of guanidine groups is 1. The van der Waals surface area contributed by atoms with Crippen LogP contribution in [0.5, 0.6) is 0 Å². The number of ketones is 1. The van der Waals surface area contributed by atoms with E-state index in [0.29, 0.717) is 24.0 Å². The van der Waals surface area contributed by atoms with Crippen molar-refractivity contribution in [2.24, 2.45) is 4.99 Å². The van der Waals surface area contributed by atoms with Gasteiger partial charge >= 0.3 is 6.18 Å². The number of nitrogens with zero attached hydrogens (tertiary/aromatic N) is 4. The molecule has 3 aromatic carbocycles. The van der Waals surface area contributed by atoms with Gasteiger partial charge in [0.1, 0.15) is 23.1 Å². The Morgan fingerprint density at radius 2 is 1.72 bits per heavy atom. The van der Waals surface area contributed by atoms with Gasteiger partial charge in [-0.3, -0.25) is 4.79 Å². The fourth-order valence-corrected chi connectivity index (χ4v) is 5.54. The number of halogens is 5. The Kier molecular flexibility index (Phi) is 5.93. The van der Waals surface area contributed by atoms with Crippen LogP contribution < -0.4 is 4.90 Å². The van der Waals surface area contributed by atoms with E-state index in [2.05, 4.69) is 4.99 Å². The second-order valence-electron chi connectivity index (χ2n) is 9.81. The van der Waals surface area contributed by atoms with Crippen molar-refractivity contribution in [3.05, 3.63) is 95.2 Å². The molecule has 10 heteroatoms. The van der Waals surface area contributed by atoms with Crippen molar-refractivity contribution in [2.45, 2.75) is 38.7 Å². The lowest BCUT2D eigenvalue weighted by molar-refractivity contribution is -0.137. The van der Waals surface area contributed by atoms with E-state index < -0.39 is 23.6 Å². The molecule has 0 saturated heterocycles. The van der Waals surface area contributed by atoms with E-state index in [4.69, 9.17) is 0 Å². The van der Waals surface area contributed by atoms with Gasteiger partial charge in [-0.25, -0.2) is 13.8 Å². The Morgan fingerprint density at radius 3 is 2.49 bits per heavy atom. The van der Waals surface area contributed by atoms with Crippen LogP contribution in [0.3, 0.4) is 0 Å². The van der Waals surface area contributed by atoms with E-state index in [0.717, 1.165) is 23.3 Å². The maximum absolute atomic E-state index is 15.1. The standard InChI is InChI=1S/C29H23F5N4O/c1-17(39)13-26-21-7-3-9-24(31)27(21)35-28(38(26)19-6-2-5-18(14-19)29(32,33)34)36-11-12-37-20(16-36)15-22-23(30)8-4-10-25(22)37/h2-10,14-15,26H,11-13,16H2,1H3. The Balaban J connectivity index is 1.51. The molecule has 0 bridgehead atoms. The van der Waals surface area contributed by atoms with E-state index in [-0.39, 0.29) is 41.9 Å². The predicted octanol–water partition coefficient (Wildman–Crippen LogP) is 6.98. The van der Waals surface area contributed by atoms with Crippen LogP contribution in [0.25, 0.3) is 10.9 Å². The van der Waals surface area contributed by atoms with Gasteiger partial charge in [0.15, 0.2) is 0 Å². The van der Waals surface area contributed by atoms with E-state index >= 15 is 4.39 Å². The third-order valence-electron chi connectivity index (χ3n) is 7.26. The van der Waals surface area contributed by atoms with Crippen molar-refractivity contribution >= 4 is 34.0 Å². The molecule has 6 rings (SSSR count). The summed E-state index contributed by atoms with van der Waals surface area (Å²) in [6.45, 7) is 2.50. The van der Waals surface area contributed by atoms with E-state index in [1.807, 2.05) is 15.5 Å². The molecular weight excluding hydrogens is 515 g/mol. The number of hydrogen-bond donors (Lipinski definition) is 0. The van der Waals surface area contributed by atoms with Gasteiger partial charge in [0, 0.05) is 41.8 Å². The van der Waals surface area contributed by atoms with Crippen LogP contribution in [0.15, 0.2) is 71.7 Å². The molecule has 0 saturated carbocycles. The molecule has 0 aliphatic carbocycles. The van der Waals surface area contributed by atoms with Crippen molar-refractivity contribution in [3.8, 4) is 0 Å². The first-order valence-electron chi connectivity index (χ1n) is 12.5. The van der Waals surface area contributed by atoms with Gasteiger partial charge in [0.2, 0.25) is 5.96 Å². The highest BCUT2D eigenvalue weighted by atomic mass is 19.4. The third kappa shape index (κ3) is 4.33. The molecule has 200 valence electrons. The topological polar surface area (TPSA) is 40.8 Å². The van der Waals surface area contributed by atoms with Crippen LogP contribution in [-0.2, 0) is 24.1 Å². The summed E-state index contributed by atoms with van der Waals surface area (Å²) in [4.78, 5) is 20.5. The normalized spacial score (nSPS) is 17.2. The summed E-state index contributed by atoms with van der Waals surface area (Å²) in [5.74, 6) is -0.910. The zero-order valence-electron chi connectivity index (χ0n) is 20.8. The summed E-state index contributed by atoms with van der Waals surface area (Å²) >= 11 is 0. The van der Waals surface area contributed by atoms with E-state index in [1.165, 1.54) is 37.3 Å². The summed E-state index contributed by atoms with van der Waals surface area (Å²) < 4.78 is 72.6. The van der Waals surface area contributed by atoms with Crippen molar-refractivity contribution in [1.82, 2.24) is 9.47 Å². The zero-order valence-corrected chi connectivity index (χ0v) is 20.8. The van der Waals surface area contributed by atoms with E-state index in [1.54, 1.807) is 23.1 Å².